The van der Waals surface area contributed by atoms with Crippen LogP contribution < -0.4 is 12.4 Å². The Kier molecular flexibility index (Phi) is 3.77. The third-order valence-electron chi connectivity index (χ3n) is 2.53. The maximum Gasteiger partial charge on any atom is -1.00 e. The first-order valence-electron chi connectivity index (χ1n) is 4.65. The van der Waals surface area contributed by atoms with E-state index >= 15 is 0 Å². The molecule has 0 spiro atoms. The Bertz CT molecular complexity index is 273. The molecule has 0 N–H and O–H groups in total. The Balaban J connectivity index is 0.000000980. The molecule has 0 aliphatic heterocycles. The molecule has 74 valence electrons. The van der Waals surface area contributed by atoms with Gasteiger partial charge in [-0.2, -0.15) is 0 Å². The molecule has 0 saturated carbocycles. The van der Waals surface area contributed by atoms with Crippen molar-refractivity contribution in [2.75, 3.05) is 0 Å². The first-order chi connectivity index (χ1) is 6.12. The van der Waals surface area contributed by atoms with E-state index in [1.165, 1.54) is 0 Å². The van der Waals surface area contributed by atoms with E-state index in [1.54, 1.807) is 0 Å². The second-order valence-corrected chi connectivity index (χ2v) is 10.0. The standard InChI is InChI=1S/2C6H7.ClH.Zr.H/c2*1-6-4-2-3-5-6;;;/h2*2-5H,1H3;1H;;/q;;;+2;-1/p-1. The first-order valence-corrected chi connectivity index (χ1v) is 7.11. The average Bonchev–Trinajstić information content (AvgIpc) is 2.60. The van der Waals surface area contributed by atoms with Gasteiger partial charge in [-0.25, -0.2) is 0 Å². The van der Waals surface area contributed by atoms with Crippen molar-refractivity contribution in [1.29, 1.82) is 0 Å². The Labute approximate surface area is 105 Å². The molecule has 0 unspecified atom stereocenters. The first kappa shape index (κ1) is 12.2. The van der Waals surface area contributed by atoms with Gasteiger partial charge in [-0.15, -0.1) is 0 Å². The molecule has 14 heavy (non-hydrogen) atoms. The van der Waals surface area contributed by atoms with Gasteiger partial charge in [0.2, 0.25) is 0 Å². The van der Waals surface area contributed by atoms with Crippen molar-refractivity contribution >= 4 is 0 Å². The number of allylic oxidation sites excluding steroid dienone is 8. The quantitative estimate of drug-likeness (QED) is 0.704. The molecule has 0 fully saturated rings. The smallest absolute Gasteiger partial charge is 1.00 e. The largest absolute Gasteiger partial charge is 1.00 e. The molecule has 0 aromatic rings. The molecule has 0 amide bonds. The van der Waals surface area contributed by atoms with Crippen LogP contribution in [-0.4, -0.2) is 0 Å². The van der Waals surface area contributed by atoms with Crippen molar-refractivity contribution in [3.63, 3.8) is 0 Å². The van der Waals surface area contributed by atoms with Gasteiger partial charge < -0.3 is 13.8 Å². The topological polar surface area (TPSA) is 0 Å². The summed E-state index contributed by atoms with van der Waals surface area (Å²) in [4.78, 5) is 0. The van der Waals surface area contributed by atoms with Gasteiger partial charge in [-0.05, 0) is 0 Å². The summed E-state index contributed by atoms with van der Waals surface area (Å²) in [5.74, 6) is 0. The maximum atomic E-state index is 2.37. The number of hydrogen-bond acceptors (Lipinski definition) is 0. The van der Waals surface area contributed by atoms with Crippen LogP contribution in [0.4, 0.5) is 0 Å². The summed E-state index contributed by atoms with van der Waals surface area (Å²) < 4.78 is 0.855. The van der Waals surface area contributed by atoms with Crippen LogP contribution in [0.5, 0.6) is 0 Å². The van der Waals surface area contributed by atoms with Crippen LogP contribution in [0.15, 0.2) is 48.6 Å². The van der Waals surface area contributed by atoms with Gasteiger partial charge in [-0.3, -0.25) is 0 Å². The third-order valence-corrected chi connectivity index (χ3v) is 6.82. The van der Waals surface area contributed by atoms with E-state index in [9.17, 15) is 0 Å². The molecule has 2 rings (SSSR count). The van der Waals surface area contributed by atoms with Gasteiger partial charge in [0.1, 0.15) is 0 Å². The minimum atomic E-state index is -0.477. The van der Waals surface area contributed by atoms with Crippen LogP contribution in [0.25, 0.3) is 0 Å². The molecule has 0 heterocycles. The van der Waals surface area contributed by atoms with Gasteiger partial charge >= 0.3 is 91.9 Å². The predicted molar refractivity (Wildman–Crippen MR) is 54.4 cm³/mol. The molecule has 0 aromatic heterocycles. The van der Waals surface area contributed by atoms with Crippen LogP contribution >= 0.6 is 0 Å². The van der Waals surface area contributed by atoms with Gasteiger partial charge in [0.25, 0.3) is 0 Å². The molecule has 0 saturated heterocycles. The van der Waals surface area contributed by atoms with Gasteiger partial charge in [0.15, 0.2) is 0 Å². The molecule has 2 aliphatic rings. The summed E-state index contributed by atoms with van der Waals surface area (Å²) in [6.07, 6.45) is 18.2. The summed E-state index contributed by atoms with van der Waals surface area (Å²) in [6, 6.07) is 0. The van der Waals surface area contributed by atoms with E-state index in [1.807, 2.05) is 0 Å². The van der Waals surface area contributed by atoms with Crippen LogP contribution in [0.3, 0.4) is 0 Å². The molecular weight excluding hydrogens is 271 g/mol. The average molecular weight is 286 g/mol. The van der Waals surface area contributed by atoms with E-state index in [2.05, 4.69) is 62.5 Å². The van der Waals surface area contributed by atoms with Crippen LogP contribution in [-0.2, 0) is 23.2 Å². The zero-order valence-electron chi connectivity index (χ0n) is 9.50. The fourth-order valence-electron chi connectivity index (χ4n) is 1.88. The minimum Gasteiger partial charge on any atom is -1.00 e. The van der Waals surface area contributed by atoms with Crippen molar-refractivity contribution in [3.05, 3.63) is 48.6 Å². The van der Waals surface area contributed by atoms with Gasteiger partial charge in [0.05, 0.1) is 0 Å². The van der Waals surface area contributed by atoms with Gasteiger partial charge in [0, 0.05) is 0 Å². The molecule has 2 heteroatoms. The SMILES string of the molecule is C[C]1([Zr+2][C]2(C)C=CC=C2)C=CC=C1.[Cl-].[H-]. The van der Waals surface area contributed by atoms with Crippen LogP contribution in [0.2, 0.25) is 6.25 Å². The van der Waals surface area contributed by atoms with E-state index in [-0.39, 0.29) is 13.8 Å². The third kappa shape index (κ3) is 2.58. The molecular formula is C12H15ClZr. The molecule has 0 nitrogen and oxygen atoms in total. The zero-order valence-corrected chi connectivity index (χ0v) is 11.7. The van der Waals surface area contributed by atoms with E-state index in [0.717, 1.165) is 0 Å². The van der Waals surface area contributed by atoms with Crippen LogP contribution in [0, 0.1) is 0 Å². The van der Waals surface area contributed by atoms with Crippen molar-refractivity contribution in [3.8, 4) is 0 Å². The van der Waals surface area contributed by atoms with Crippen molar-refractivity contribution < 1.29 is 37.1 Å². The Morgan fingerprint density at radius 1 is 0.786 bits per heavy atom. The second kappa shape index (κ2) is 4.33. The fraction of sp³-hybridized carbons (Fsp3) is 0.333. The monoisotopic (exact) mass is 284 g/mol. The van der Waals surface area contributed by atoms with Crippen molar-refractivity contribution in [2.45, 2.75) is 20.1 Å². The summed E-state index contributed by atoms with van der Waals surface area (Å²) in [5.41, 5.74) is 0. The molecule has 2 aliphatic carbocycles. The summed E-state index contributed by atoms with van der Waals surface area (Å²) in [5, 5.41) is 0. The van der Waals surface area contributed by atoms with Crippen molar-refractivity contribution in [1.82, 2.24) is 0 Å². The minimum absolute atomic E-state index is 0. The van der Waals surface area contributed by atoms with Crippen molar-refractivity contribution in [2.24, 2.45) is 0 Å². The number of hydrogen-bond donors (Lipinski definition) is 0. The van der Waals surface area contributed by atoms with E-state index < -0.39 is 23.2 Å². The second-order valence-electron chi connectivity index (χ2n) is 4.13. The fourth-order valence-corrected chi connectivity index (χ4v) is 6.50. The Hall–Kier alpha value is 0.133. The van der Waals surface area contributed by atoms with E-state index in [0.29, 0.717) is 6.25 Å². The summed E-state index contributed by atoms with van der Waals surface area (Å²) in [6.45, 7) is 4.73. The summed E-state index contributed by atoms with van der Waals surface area (Å²) in [7, 11) is 0. The Morgan fingerprint density at radius 2 is 1.07 bits per heavy atom. The van der Waals surface area contributed by atoms with E-state index in [4.69, 9.17) is 0 Å². The van der Waals surface area contributed by atoms with Crippen LogP contribution in [0.1, 0.15) is 15.3 Å². The number of rotatable bonds is 2. The summed E-state index contributed by atoms with van der Waals surface area (Å²) >= 11 is -0.477. The molecule has 0 aromatic carbocycles. The molecule has 0 atom stereocenters. The normalized spacial score (nSPS) is 23.6. The van der Waals surface area contributed by atoms with Gasteiger partial charge in [-0.1, -0.05) is 0 Å². The predicted octanol–water partition coefficient (Wildman–Crippen LogP) is 0.795. The zero-order chi connectivity index (χ0) is 9.36. The maximum absolute atomic E-state index is 2.37. The Morgan fingerprint density at radius 3 is 1.36 bits per heavy atom. The molecule has 0 bridgehead atoms. The molecule has 0 radical (unpaired) electrons. The number of halogens is 1.